The normalized spacial score (nSPS) is 37.7. The summed E-state index contributed by atoms with van der Waals surface area (Å²) in [4.78, 5) is 26.6. The van der Waals surface area contributed by atoms with Crippen LogP contribution in [-0.2, 0) is 20.5 Å². The SMILES string of the molecule is C[C@@]12O[C@@](C)(C[C@H]1O)[C@@H]1C(=O)N(c3ccc(C#N)c(C(F)(F)F)c3)C(=O)[C@@H]12. The van der Waals surface area contributed by atoms with Gasteiger partial charge >= 0.3 is 6.18 Å². The molecule has 0 saturated carbocycles. The van der Waals surface area contributed by atoms with Gasteiger partial charge in [0.05, 0.1) is 46.4 Å². The second kappa shape index (κ2) is 5.09. The zero-order valence-electron chi connectivity index (χ0n) is 14.4. The molecule has 4 rings (SSSR count). The van der Waals surface area contributed by atoms with Gasteiger partial charge in [0.1, 0.15) is 5.60 Å². The number of alkyl halides is 3. The van der Waals surface area contributed by atoms with Gasteiger partial charge in [-0.3, -0.25) is 9.59 Å². The average Bonchev–Trinajstić information content (AvgIpc) is 3.07. The highest BCUT2D eigenvalue weighted by Crippen LogP contribution is 2.61. The van der Waals surface area contributed by atoms with Crippen LogP contribution in [0, 0.1) is 23.2 Å². The number of ether oxygens (including phenoxy) is 1. The van der Waals surface area contributed by atoms with Crippen molar-refractivity contribution in [3.63, 3.8) is 0 Å². The molecule has 1 N–H and O–H groups in total. The first kappa shape index (κ1) is 17.9. The first-order valence-corrected chi connectivity index (χ1v) is 8.31. The van der Waals surface area contributed by atoms with Gasteiger partial charge in [0, 0.05) is 6.42 Å². The van der Waals surface area contributed by atoms with Crippen molar-refractivity contribution in [2.45, 2.75) is 43.8 Å². The lowest BCUT2D eigenvalue weighted by atomic mass is 9.67. The zero-order valence-corrected chi connectivity index (χ0v) is 14.4. The van der Waals surface area contributed by atoms with Gasteiger partial charge in [-0.25, -0.2) is 4.90 Å². The molecule has 27 heavy (non-hydrogen) atoms. The van der Waals surface area contributed by atoms with E-state index in [1.54, 1.807) is 13.8 Å². The number of fused-ring (bicyclic) bond motifs is 5. The number of aliphatic hydroxyl groups excluding tert-OH is 1. The molecule has 0 aromatic heterocycles. The number of benzene rings is 1. The van der Waals surface area contributed by atoms with Crippen LogP contribution in [0.15, 0.2) is 18.2 Å². The molecule has 1 aromatic rings. The summed E-state index contributed by atoms with van der Waals surface area (Å²) in [6, 6.07) is 4.19. The minimum atomic E-state index is -4.81. The molecule has 1 aromatic carbocycles. The van der Waals surface area contributed by atoms with Crippen LogP contribution in [0.25, 0.3) is 0 Å². The molecule has 3 saturated heterocycles. The minimum absolute atomic E-state index is 0.165. The van der Waals surface area contributed by atoms with Crippen LogP contribution < -0.4 is 4.90 Å². The van der Waals surface area contributed by atoms with E-state index in [1.165, 1.54) is 6.07 Å². The lowest BCUT2D eigenvalue weighted by molar-refractivity contribution is -0.138. The zero-order chi connectivity index (χ0) is 19.9. The van der Waals surface area contributed by atoms with Gasteiger partial charge in [-0.1, -0.05) is 0 Å². The van der Waals surface area contributed by atoms with Gasteiger partial charge in [-0.05, 0) is 32.0 Å². The second-order valence-corrected chi connectivity index (χ2v) is 7.63. The predicted molar refractivity (Wildman–Crippen MR) is 84.2 cm³/mol. The van der Waals surface area contributed by atoms with Gasteiger partial charge in [0.25, 0.3) is 0 Å². The quantitative estimate of drug-likeness (QED) is 0.753. The second-order valence-electron chi connectivity index (χ2n) is 7.63. The molecule has 2 bridgehead atoms. The Morgan fingerprint density at radius 2 is 1.89 bits per heavy atom. The summed E-state index contributed by atoms with van der Waals surface area (Å²) in [7, 11) is 0. The Kier molecular flexibility index (Phi) is 3.38. The Bertz CT molecular complexity index is 924. The summed E-state index contributed by atoms with van der Waals surface area (Å²) in [6.07, 6.45) is -5.59. The number of nitrogens with zero attached hydrogens (tertiary/aromatic N) is 2. The molecule has 5 atom stereocenters. The minimum Gasteiger partial charge on any atom is -0.390 e. The van der Waals surface area contributed by atoms with Gasteiger partial charge in [0.2, 0.25) is 11.8 Å². The van der Waals surface area contributed by atoms with Crippen molar-refractivity contribution < 1.29 is 32.6 Å². The highest BCUT2D eigenvalue weighted by Gasteiger charge is 2.75. The Balaban J connectivity index is 1.81. The summed E-state index contributed by atoms with van der Waals surface area (Å²) in [5, 5.41) is 19.2. The van der Waals surface area contributed by atoms with Gasteiger partial charge < -0.3 is 9.84 Å². The number of carbonyl (C=O) groups excluding carboxylic acids is 2. The van der Waals surface area contributed by atoms with Crippen molar-refractivity contribution in [1.82, 2.24) is 0 Å². The molecule has 9 heteroatoms. The lowest BCUT2D eigenvalue weighted by Crippen LogP contribution is -2.49. The maximum atomic E-state index is 13.2. The molecule has 0 radical (unpaired) electrons. The van der Waals surface area contributed by atoms with E-state index in [0.717, 1.165) is 17.0 Å². The van der Waals surface area contributed by atoms with Gasteiger partial charge in [-0.15, -0.1) is 0 Å². The largest absolute Gasteiger partial charge is 0.417 e. The van der Waals surface area contributed by atoms with Crippen LogP contribution in [0.5, 0.6) is 0 Å². The number of nitriles is 1. The molecule has 3 heterocycles. The molecule has 142 valence electrons. The molecule has 0 unspecified atom stereocenters. The van der Waals surface area contributed by atoms with Crippen molar-refractivity contribution in [3.05, 3.63) is 29.3 Å². The van der Waals surface area contributed by atoms with Crippen LogP contribution >= 0.6 is 0 Å². The lowest BCUT2D eigenvalue weighted by Gasteiger charge is -2.31. The van der Waals surface area contributed by atoms with E-state index in [9.17, 15) is 27.9 Å². The summed E-state index contributed by atoms with van der Waals surface area (Å²) in [6.45, 7) is 3.17. The summed E-state index contributed by atoms with van der Waals surface area (Å²) >= 11 is 0. The van der Waals surface area contributed by atoms with Crippen LogP contribution in [-0.4, -0.2) is 34.2 Å². The van der Waals surface area contributed by atoms with Gasteiger partial charge in [-0.2, -0.15) is 18.4 Å². The Hall–Kier alpha value is -2.44. The topological polar surface area (TPSA) is 90.6 Å². The number of imide groups is 1. The van der Waals surface area contributed by atoms with Crippen molar-refractivity contribution in [1.29, 1.82) is 5.26 Å². The van der Waals surface area contributed by atoms with Gasteiger partial charge in [0.15, 0.2) is 0 Å². The molecule has 2 amide bonds. The van der Waals surface area contributed by atoms with Crippen molar-refractivity contribution >= 4 is 17.5 Å². The monoisotopic (exact) mass is 380 g/mol. The summed E-state index contributed by atoms with van der Waals surface area (Å²) in [5.41, 5.74) is -4.37. The molecule has 6 nitrogen and oxygen atoms in total. The number of hydrogen-bond donors (Lipinski definition) is 1. The van der Waals surface area contributed by atoms with E-state index in [4.69, 9.17) is 10.00 Å². The number of carbonyl (C=O) groups is 2. The van der Waals surface area contributed by atoms with E-state index < -0.39 is 58.3 Å². The molecule has 0 spiro atoms. The molecule has 3 fully saturated rings. The Morgan fingerprint density at radius 3 is 2.48 bits per heavy atom. The summed E-state index contributed by atoms with van der Waals surface area (Å²) < 4.78 is 45.6. The molecule has 3 aliphatic rings. The first-order valence-electron chi connectivity index (χ1n) is 8.31. The first-order chi connectivity index (χ1) is 12.4. The third-order valence-electron chi connectivity index (χ3n) is 5.98. The van der Waals surface area contributed by atoms with E-state index >= 15 is 0 Å². The maximum Gasteiger partial charge on any atom is 0.417 e. The van der Waals surface area contributed by atoms with E-state index in [2.05, 4.69) is 0 Å². The van der Waals surface area contributed by atoms with Crippen molar-refractivity contribution in [2.75, 3.05) is 4.90 Å². The van der Waals surface area contributed by atoms with Crippen LogP contribution in [0.4, 0.5) is 18.9 Å². The molecular formula is C18H15F3N2O4. The number of rotatable bonds is 1. The van der Waals surface area contributed by atoms with Crippen LogP contribution in [0.3, 0.4) is 0 Å². The van der Waals surface area contributed by atoms with E-state index in [-0.39, 0.29) is 12.1 Å². The number of hydrogen-bond acceptors (Lipinski definition) is 5. The summed E-state index contributed by atoms with van der Waals surface area (Å²) in [5.74, 6) is -3.19. The smallest absolute Gasteiger partial charge is 0.390 e. The number of aliphatic hydroxyl groups is 1. The van der Waals surface area contributed by atoms with E-state index in [0.29, 0.717) is 6.07 Å². The van der Waals surface area contributed by atoms with Crippen molar-refractivity contribution in [2.24, 2.45) is 11.8 Å². The highest BCUT2D eigenvalue weighted by atomic mass is 19.4. The Labute approximate surface area is 152 Å². The predicted octanol–water partition coefficient (Wildman–Crippen LogP) is 1.99. The number of amides is 2. The molecular weight excluding hydrogens is 365 g/mol. The van der Waals surface area contributed by atoms with E-state index in [1.807, 2.05) is 0 Å². The number of anilines is 1. The van der Waals surface area contributed by atoms with Crippen LogP contribution in [0.1, 0.15) is 31.4 Å². The van der Waals surface area contributed by atoms with Crippen LogP contribution in [0.2, 0.25) is 0 Å². The highest BCUT2D eigenvalue weighted by molar-refractivity contribution is 6.23. The fourth-order valence-corrected chi connectivity index (χ4v) is 4.78. The molecule has 3 aliphatic heterocycles. The third kappa shape index (κ3) is 2.14. The van der Waals surface area contributed by atoms with Crippen molar-refractivity contribution in [3.8, 4) is 6.07 Å². The Morgan fingerprint density at radius 1 is 1.26 bits per heavy atom. The average molecular weight is 380 g/mol. The maximum absolute atomic E-state index is 13.2. The number of halogens is 3. The third-order valence-corrected chi connectivity index (χ3v) is 5.98. The fraction of sp³-hybridized carbons (Fsp3) is 0.500. The fourth-order valence-electron chi connectivity index (χ4n) is 4.78. The molecule has 0 aliphatic carbocycles. The standard InChI is InChI=1S/C18H15F3N2O4/c1-16-6-11(24)17(2,27-16)13-12(16)14(25)23(15(13)26)9-4-3-8(7-22)10(5-9)18(19,20)21/h3-5,11-13,24H,6H2,1-2H3/t11-,12+,13-,16+,17-/m1/s1.